The molecule has 110 valence electrons. The number of rotatable bonds is 5. The van der Waals surface area contributed by atoms with Gasteiger partial charge < -0.3 is 10.4 Å². The Labute approximate surface area is 124 Å². The Hall–Kier alpha value is -1.10. The van der Waals surface area contributed by atoms with E-state index in [0.717, 1.165) is 32.4 Å². The van der Waals surface area contributed by atoms with E-state index in [9.17, 15) is 4.79 Å². The van der Waals surface area contributed by atoms with E-state index in [1.807, 2.05) is 12.1 Å². The fourth-order valence-electron chi connectivity index (χ4n) is 2.67. The lowest BCUT2D eigenvalue weighted by molar-refractivity contribution is -0.117. The number of carbonyl (C=O) groups is 1. The smallest absolute Gasteiger partial charge is 0.238 e. The molecule has 0 spiro atoms. The van der Waals surface area contributed by atoms with Gasteiger partial charge in [0.15, 0.2) is 0 Å². The summed E-state index contributed by atoms with van der Waals surface area (Å²) in [6.07, 6.45) is 3.05. The maximum atomic E-state index is 12.0. The fraction of sp³-hybridized carbons (Fsp3) is 0.533. The first kappa shape index (κ1) is 15.3. The molecule has 1 saturated heterocycles. The van der Waals surface area contributed by atoms with Crippen molar-refractivity contribution in [3.05, 3.63) is 29.3 Å². The van der Waals surface area contributed by atoms with E-state index in [1.54, 1.807) is 12.1 Å². The van der Waals surface area contributed by atoms with Crippen LogP contribution in [-0.4, -0.2) is 42.2 Å². The Balaban J connectivity index is 1.84. The number of hydrogen-bond donors (Lipinski definition) is 2. The van der Waals surface area contributed by atoms with Crippen LogP contribution in [0.1, 0.15) is 19.3 Å². The number of halogens is 1. The van der Waals surface area contributed by atoms with Gasteiger partial charge in [-0.3, -0.25) is 9.69 Å². The molecule has 1 unspecified atom stereocenters. The Morgan fingerprint density at radius 1 is 1.45 bits per heavy atom. The number of nitrogens with zero attached hydrogens (tertiary/aromatic N) is 1. The van der Waals surface area contributed by atoms with Gasteiger partial charge in [-0.2, -0.15) is 0 Å². The molecule has 1 fully saturated rings. The molecule has 20 heavy (non-hydrogen) atoms. The van der Waals surface area contributed by atoms with Crippen LogP contribution in [0, 0.1) is 5.92 Å². The number of para-hydroxylation sites is 1. The van der Waals surface area contributed by atoms with Crippen molar-refractivity contribution in [1.82, 2.24) is 4.90 Å². The summed E-state index contributed by atoms with van der Waals surface area (Å²) in [5.74, 6) is 0.463. The van der Waals surface area contributed by atoms with Crippen molar-refractivity contribution in [2.45, 2.75) is 19.3 Å². The second kappa shape index (κ2) is 7.62. The predicted molar refractivity (Wildman–Crippen MR) is 80.9 cm³/mol. The number of likely N-dealkylation sites (tertiary alicyclic amines) is 1. The molecule has 1 amide bonds. The third kappa shape index (κ3) is 4.47. The quantitative estimate of drug-likeness (QED) is 0.877. The van der Waals surface area contributed by atoms with Crippen molar-refractivity contribution in [2.75, 3.05) is 31.6 Å². The van der Waals surface area contributed by atoms with Crippen LogP contribution in [-0.2, 0) is 4.79 Å². The summed E-state index contributed by atoms with van der Waals surface area (Å²) in [6, 6.07) is 7.24. The maximum Gasteiger partial charge on any atom is 0.238 e. The van der Waals surface area contributed by atoms with E-state index < -0.39 is 0 Å². The molecule has 2 rings (SSSR count). The zero-order valence-corrected chi connectivity index (χ0v) is 12.3. The summed E-state index contributed by atoms with van der Waals surface area (Å²) in [6.45, 7) is 2.44. The summed E-state index contributed by atoms with van der Waals surface area (Å²) in [7, 11) is 0. The van der Waals surface area contributed by atoms with Crippen LogP contribution in [0.3, 0.4) is 0 Å². The first-order chi connectivity index (χ1) is 9.69. The molecule has 1 aliphatic rings. The summed E-state index contributed by atoms with van der Waals surface area (Å²) in [4.78, 5) is 14.2. The lowest BCUT2D eigenvalue weighted by Gasteiger charge is -2.31. The predicted octanol–water partition coefficient (Wildman–Crippen LogP) is 2.37. The summed E-state index contributed by atoms with van der Waals surface area (Å²) >= 11 is 6.02. The molecule has 1 aliphatic heterocycles. The number of anilines is 1. The lowest BCUT2D eigenvalue weighted by atomic mass is 9.95. The van der Waals surface area contributed by atoms with Crippen molar-refractivity contribution in [3.8, 4) is 0 Å². The van der Waals surface area contributed by atoms with Gasteiger partial charge in [-0.15, -0.1) is 0 Å². The normalized spacial score (nSPS) is 19.8. The zero-order valence-electron chi connectivity index (χ0n) is 11.5. The largest absolute Gasteiger partial charge is 0.396 e. The molecule has 4 nitrogen and oxygen atoms in total. The average Bonchev–Trinajstić information content (AvgIpc) is 2.42. The van der Waals surface area contributed by atoms with Crippen LogP contribution in [0.2, 0.25) is 5.02 Å². The zero-order chi connectivity index (χ0) is 14.4. The molecule has 2 N–H and O–H groups in total. The Morgan fingerprint density at radius 2 is 2.25 bits per heavy atom. The van der Waals surface area contributed by atoms with Crippen LogP contribution in [0.25, 0.3) is 0 Å². The van der Waals surface area contributed by atoms with Gasteiger partial charge in [0, 0.05) is 13.2 Å². The SMILES string of the molecule is O=C(CN1CCCC(CCO)C1)Nc1ccccc1Cl. The van der Waals surface area contributed by atoms with Gasteiger partial charge >= 0.3 is 0 Å². The van der Waals surface area contributed by atoms with Gasteiger partial charge in [-0.25, -0.2) is 0 Å². The minimum Gasteiger partial charge on any atom is -0.396 e. The Bertz CT molecular complexity index is 451. The Kier molecular flexibility index (Phi) is 5.83. The van der Waals surface area contributed by atoms with E-state index >= 15 is 0 Å². The molecule has 1 aromatic carbocycles. The topological polar surface area (TPSA) is 52.6 Å². The molecule has 1 atom stereocenters. The average molecular weight is 297 g/mol. The van der Waals surface area contributed by atoms with Crippen molar-refractivity contribution in [3.63, 3.8) is 0 Å². The lowest BCUT2D eigenvalue weighted by Crippen LogP contribution is -2.40. The molecule has 1 heterocycles. The molecule has 0 aromatic heterocycles. The number of aliphatic hydroxyl groups excluding tert-OH is 1. The van der Waals surface area contributed by atoms with E-state index in [1.165, 1.54) is 0 Å². The molecular formula is C15H21ClN2O2. The third-order valence-corrected chi connectivity index (χ3v) is 3.99. The highest BCUT2D eigenvalue weighted by atomic mass is 35.5. The summed E-state index contributed by atoms with van der Waals surface area (Å²) in [5, 5.41) is 12.4. The second-order valence-electron chi connectivity index (χ2n) is 5.28. The molecule has 0 saturated carbocycles. The van der Waals surface area contributed by atoms with Crippen molar-refractivity contribution in [2.24, 2.45) is 5.92 Å². The second-order valence-corrected chi connectivity index (χ2v) is 5.69. The standard InChI is InChI=1S/C15H21ClN2O2/c16-13-5-1-2-6-14(13)17-15(20)11-18-8-3-4-12(10-18)7-9-19/h1-2,5-6,12,19H,3-4,7-11H2,(H,17,20). The minimum absolute atomic E-state index is 0.0391. The molecule has 0 bridgehead atoms. The van der Waals surface area contributed by atoms with Gasteiger partial charge in [0.2, 0.25) is 5.91 Å². The van der Waals surface area contributed by atoms with Crippen LogP contribution in [0.15, 0.2) is 24.3 Å². The fourth-order valence-corrected chi connectivity index (χ4v) is 2.85. The molecule has 5 heteroatoms. The number of aliphatic hydroxyl groups is 1. The Morgan fingerprint density at radius 3 is 3.00 bits per heavy atom. The van der Waals surface area contributed by atoms with Crippen LogP contribution >= 0.6 is 11.6 Å². The van der Waals surface area contributed by atoms with E-state index in [4.69, 9.17) is 16.7 Å². The number of amides is 1. The van der Waals surface area contributed by atoms with E-state index in [-0.39, 0.29) is 12.5 Å². The number of carbonyl (C=O) groups excluding carboxylic acids is 1. The van der Waals surface area contributed by atoms with Crippen molar-refractivity contribution < 1.29 is 9.90 Å². The van der Waals surface area contributed by atoms with Gasteiger partial charge in [0.1, 0.15) is 0 Å². The number of piperidine rings is 1. The van der Waals surface area contributed by atoms with E-state index in [2.05, 4.69) is 10.2 Å². The minimum atomic E-state index is -0.0391. The van der Waals surface area contributed by atoms with Crippen LogP contribution < -0.4 is 5.32 Å². The van der Waals surface area contributed by atoms with Crippen LogP contribution in [0.5, 0.6) is 0 Å². The van der Waals surface area contributed by atoms with E-state index in [0.29, 0.717) is 23.2 Å². The molecule has 1 aromatic rings. The number of hydrogen-bond acceptors (Lipinski definition) is 3. The number of nitrogens with one attached hydrogen (secondary N) is 1. The molecular weight excluding hydrogens is 276 g/mol. The molecule has 0 aliphatic carbocycles. The highest BCUT2D eigenvalue weighted by Crippen LogP contribution is 2.21. The summed E-state index contributed by atoms with van der Waals surface area (Å²) in [5.41, 5.74) is 0.656. The maximum absolute atomic E-state index is 12.0. The van der Waals surface area contributed by atoms with Gasteiger partial charge in [-0.1, -0.05) is 23.7 Å². The monoisotopic (exact) mass is 296 g/mol. The first-order valence-electron chi connectivity index (χ1n) is 7.06. The van der Waals surface area contributed by atoms with Gasteiger partial charge in [0.25, 0.3) is 0 Å². The first-order valence-corrected chi connectivity index (χ1v) is 7.44. The highest BCUT2D eigenvalue weighted by molar-refractivity contribution is 6.33. The highest BCUT2D eigenvalue weighted by Gasteiger charge is 2.21. The number of benzene rings is 1. The molecule has 0 radical (unpaired) electrons. The third-order valence-electron chi connectivity index (χ3n) is 3.66. The van der Waals surface area contributed by atoms with Crippen molar-refractivity contribution in [1.29, 1.82) is 0 Å². The van der Waals surface area contributed by atoms with Gasteiger partial charge in [-0.05, 0) is 43.9 Å². The summed E-state index contributed by atoms with van der Waals surface area (Å²) < 4.78 is 0. The van der Waals surface area contributed by atoms with Crippen molar-refractivity contribution >= 4 is 23.2 Å². The van der Waals surface area contributed by atoms with Crippen LogP contribution in [0.4, 0.5) is 5.69 Å². The van der Waals surface area contributed by atoms with Gasteiger partial charge in [0.05, 0.1) is 17.3 Å².